The maximum absolute atomic E-state index is 12.0. The molecule has 0 saturated carbocycles. The lowest BCUT2D eigenvalue weighted by molar-refractivity contribution is -0.147. The molecule has 28 heavy (non-hydrogen) atoms. The topological polar surface area (TPSA) is 84.5 Å². The summed E-state index contributed by atoms with van der Waals surface area (Å²) in [6, 6.07) is 15.0. The van der Waals surface area contributed by atoms with Gasteiger partial charge < -0.3 is 15.4 Å². The number of nitrogens with one attached hydrogen (secondary N) is 2. The van der Waals surface area contributed by atoms with E-state index in [2.05, 4.69) is 17.6 Å². The monoisotopic (exact) mass is 382 g/mol. The first-order valence-corrected chi connectivity index (χ1v) is 9.44. The number of rotatable bonds is 9. The highest BCUT2D eigenvalue weighted by Gasteiger charge is 2.12. The minimum Gasteiger partial charge on any atom is -0.456 e. The summed E-state index contributed by atoms with van der Waals surface area (Å²) < 4.78 is 4.94. The van der Waals surface area contributed by atoms with E-state index < -0.39 is 11.9 Å². The van der Waals surface area contributed by atoms with Crippen molar-refractivity contribution in [2.75, 3.05) is 17.2 Å². The Morgan fingerprint density at radius 3 is 2.21 bits per heavy atom. The van der Waals surface area contributed by atoms with Gasteiger partial charge in [-0.25, -0.2) is 0 Å². The third-order valence-corrected chi connectivity index (χ3v) is 4.24. The van der Waals surface area contributed by atoms with E-state index >= 15 is 0 Å². The van der Waals surface area contributed by atoms with Crippen LogP contribution in [0.15, 0.2) is 48.5 Å². The first-order valence-electron chi connectivity index (χ1n) is 9.44. The number of aryl methyl sites for hydroxylation is 2. The Bertz CT molecular complexity index is 816. The number of benzene rings is 2. The van der Waals surface area contributed by atoms with Crippen LogP contribution in [-0.4, -0.2) is 24.4 Å². The van der Waals surface area contributed by atoms with E-state index in [-0.39, 0.29) is 25.4 Å². The van der Waals surface area contributed by atoms with Gasteiger partial charge in [-0.2, -0.15) is 0 Å². The fourth-order valence-corrected chi connectivity index (χ4v) is 2.62. The number of hydrogen-bond acceptors (Lipinski definition) is 4. The molecule has 0 heterocycles. The quantitative estimate of drug-likeness (QED) is 0.648. The smallest absolute Gasteiger partial charge is 0.306 e. The Kier molecular flexibility index (Phi) is 8.21. The molecule has 0 aromatic heterocycles. The van der Waals surface area contributed by atoms with Gasteiger partial charge in [0.2, 0.25) is 5.91 Å². The van der Waals surface area contributed by atoms with Crippen molar-refractivity contribution < 1.29 is 19.1 Å². The fraction of sp³-hybridized carbons (Fsp3) is 0.318. The third kappa shape index (κ3) is 6.87. The number of amides is 2. The van der Waals surface area contributed by atoms with Gasteiger partial charge in [-0.3, -0.25) is 14.4 Å². The van der Waals surface area contributed by atoms with Crippen LogP contribution in [0.25, 0.3) is 0 Å². The molecule has 0 bridgehead atoms. The van der Waals surface area contributed by atoms with Gasteiger partial charge in [-0.15, -0.1) is 0 Å². The minimum absolute atomic E-state index is 0.00300. The second-order valence-electron chi connectivity index (χ2n) is 6.32. The van der Waals surface area contributed by atoms with Crippen molar-refractivity contribution in [2.24, 2.45) is 0 Å². The predicted molar refractivity (Wildman–Crippen MR) is 109 cm³/mol. The van der Waals surface area contributed by atoms with Crippen LogP contribution < -0.4 is 10.6 Å². The number of carbonyl (C=O) groups excluding carboxylic acids is 3. The van der Waals surface area contributed by atoms with Gasteiger partial charge in [-0.05, 0) is 42.2 Å². The zero-order valence-corrected chi connectivity index (χ0v) is 16.3. The molecule has 6 nitrogen and oxygen atoms in total. The molecule has 0 fully saturated rings. The van der Waals surface area contributed by atoms with Crippen LogP contribution in [0.2, 0.25) is 0 Å². The van der Waals surface area contributed by atoms with E-state index in [0.29, 0.717) is 5.69 Å². The molecule has 0 radical (unpaired) electrons. The van der Waals surface area contributed by atoms with Gasteiger partial charge in [0.05, 0.1) is 6.42 Å². The van der Waals surface area contributed by atoms with Gasteiger partial charge in [-0.1, -0.05) is 44.2 Å². The molecule has 0 saturated heterocycles. The fourth-order valence-electron chi connectivity index (χ4n) is 2.62. The Hall–Kier alpha value is -3.15. The van der Waals surface area contributed by atoms with Crippen LogP contribution in [0, 0.1) is 0 Å². The first kappa shape index (κ1) is 21.2. The van der Waals surface area contributed by atoms with Crippen LogP contribution in [0.5, 0.6) is 0 Å². The van der Waals surface area contributed by atoms with Gasteiger partial charge in [0.1, 0.15) is 0 Å². The third-order valence-electron chi connectivity index (χ3n) is 4.24. The molecule has 2 aromatic rings. The molecule has 0 unspecified atom stereocenters. The van der Waals surface area contributed by atoms with Gasteiger partial charge in [0, 0.05) is 17.8 Å². The Morgan fingerprint density at radius 1 is 0.821 bits per heavy atom. The molecular weight excluding hydrogens is 356 g/mol. The second kappa shape index (κ2) is 10.9. The Morgan fingerprint density at radius 2 is 1.54 bits per heavy atom. The summed E-state index contributed by atoms with van der Waals surface area (Å²) in [6.45, 7) is 3.68. The summed E-state index contributed by atoms with van der Waals surface area (Å²) >= 11 is 0. The summed E-state index contributed by atoms with van der Waals surface area (Å²) in [5, 5.41) is 5.46. The van der Waals surface area contributed by atoms with Gasteiger partial charge >= 0.3 is 5.97 Å². The lowest BCUT2D eigenvalue weighted by Crippen LogP contribution is -2.21. The van der Waals surface area contributed by atoms with Crippen molar-refractivity contribution in [3.05, 3.63) is 59.7 Å². The highest BCUT2D eigenvalue weighted by atomic mass is 16.5. The zero-order valence-electron chi connectivity index (χ0n) is 16.3. The normalized spacial score (nSPS) is 10.2. The zero-order chi connectivity index (χ0) is 20.4. The standard InChI is InChI=1S/C22H26N2O4/c1-3-16-9-11-18(12-10-16)23-21(26)15-28-22(27)14-13-20(25)24-19-8-6-5-7-17(19)4-2/h5-12H,3-4,13-15H2,1-2H3,(H,23,26)(H,24,25). The van der Waals surface area contributed by atoms with E-state index in [0.717, 1.165) is 24.1 Å². The summed E-state index contributed by atoms with van der Waals surface area (Å²) in [6.07, 6.45) is 1.63. The summed E-state index contributed by atoms with van der Waals surface area (Å²) in [5.41, 5.74) is 3.59. The Balaban J connectivity index is 1.70. The van der Waals surface area contributed by atoms with Crippen molar-refractivity contribution in [2.45, 2.75) is 39.5 Å². The molecule has 0 aliphatic rings. The molecule has 2 N–H and O–H groups in total. The molecule has 2 rings (SSSR count). The molecule has 0 aliphatic carbocycles. The van der Waals surface area contributed by atoms with E-state index in [1.807, 2.05) is 43.3 Å². The van der Waals surface area contributed by atoms with Crippen LogP contribution >= 0.6 is 0 Å². The highest BCUT2D eigenvalue weighted by Crippen LogP contribution is 2.16. The number of anilines is 2. The number of hydrogen-bond donors (Lipinski definition) is 2. The lowest BCUT2D eigenvalue weighted by atomic mass is 10.1. The summed E-state index contributed by atoms with van der Waals surface area (Å²) in [4.78, 5) is 35.7. The highest BCUT2D eigenvalue weighted by molar-refractivity contribution is 5.94. The average molecular weight is 382 g/mol. The van der Waals surface area contributed by atoms with Crippen LogP contribution in [0.1, 0.15) is 37.8 Å². The summed E-state index contributed by atoms with van der Waals surface area (Å²) in [7, 11) is 0. The van der Waals surface area contributed by atoms with Crippen molar-refractivity contribution in [1.82, 2.24) is 0 Å². The van der Waals surface area contributed by atoms with Crippen molar-refractivity contribution >= 4 is 29.2 Å². The molecule has 0 atom stereocenters. The second-order valence-corrected chi connectivity index (χ2v) is 6.32. The van der Waals surface area contributed by atoms with Crippen LogP contribution in [-0.2, 0) is 32.0 Å². The van der Waals surface area contributed by atoms with E-state index in [9.17, 15) is 14.4 Å². The largest absolute Gasteiger partial charge is 0.456 e. The average Bonchev–Trinajstić information content (AvgIpc) is 2.71. The lowest BCUT2D eigenvalue weighted by Gasteiger charge is -2.10. The number of ether oxygens (including phenoxy) is 1. The molecule has 0 spiro atoms. The molecule has 148 valence electrons. The van der Waals surface area contributed by atoms with Crippen molar-refractivity contribution in [1.29, 1.82) is 0 Å². The van der Waals surface area contributed by atoms with Crippen LogP contribution in [0.4, 0.5) is 11.4 Å². The minimum atomic E-state index is -0.588. The van der Waals surface area contributed by atoms with E-state index in [4.69, 9.17) is 4.74 Å². The molecular formula is C22H26N2O4. The molecule has 2 aromatic carbocycles. The van der Waals surface area contributed by atoms with Crippen molar-refractivity contribution in [3.63, 3.8) is 0 Å². The van der Waals surface area contributed by atoms with Crippen LogP contribution in [0.3, 0.4) is 0 Å². The molecule has 6 heteroatoms. The maximum Gasteiger partial charge on any atom is 0.306 e. The summed E-state index contributed by atoms with van der Waals surface area (Å²) in [5.74, 6) is -1.27. The van der Waals surface area contributed by atoms with E-state index in [1.54, 1.807) is 12.1 Å². The number of esters is 1. The van der Waals surface area contributed by atoms with Gasteiger partial charge in [0.25, 0.3) is 5.91 Å². The van der Waals surface area contributed by atoms with Crippen molar-refractivity contribution in [3.8, 4) is 0 Å². The number of carbonyl (C=O) groups is 3. The molecule has 2 amide bonds. The Labute approximate surface area is 165 Å². The van der Waals surface area contributed by atoms with Gasteiger partial charge in [0.15, 0.2) is 6.61 Å². The molecule has 0 aliphatic heterocycles. The predicted octanol–water partition coefficient (Wildman–Crippen LogP) is 3.71. The van der Waals surface area contributed by atoms with E-state index in [1.165, 1.54) is 5.56 Å². The number of para-hydroxylation sites is 1. The SMILES string of the molecule is CCc1ccc(NC(=O)COC(=O)CCC(=O)Nc2ccccc2CC)cc1. The maximum atomic E-state index is 12.0. The first-order chi connectivity index (χ1) is 13.5.